The standard InChI is InChI=1S/C38H29F4N3O5S/c1-49-26-17-16-24(31(20-26)50-2)18-30(44-36(46)23-12-7-4-8-13-23)37(47)43-25-14-9-15-27(19-25)51-35(22-10-5-3-6-11-22)38(48)45-34-32(41)28(39)21-29(40)33(34)42/h3-21,35H,1-2H3,(H,43,47)(H,44,46)(H,45,48)/b30-18+. The number of hydrogen-bond donors (Lipinski definition) is 3. The number of carbonyl (C=O) groups is 3. The van der Waals surface area contributed by atoms with E-state index < -0.39 is 51.9 Å². The Morgan fingerprint density at radius 1 is 0.725 bits per heavy atom. The number of hydrogen-bond acceptors (Lipinski definition) is 6. The van der Waals surface area contributed by atoms with Gasteiger partial charge in [0, 0.05) is 33.8 Å². The molecule has 1 atom stereocenters. The lowest BCUT2D eigenvalue weighted by Gasteiger charge is -2.18. The molecule has 0 radical (unpaired) electrons. The van der Waals surface area contributed by atoms with Crippen LogP contribution in [0, 0.1) is 23.3 Å². The molecule has 13 heteroatoms. The monoisotopic (exact) mass is 715 g/mol. The average Bonchev–Trinajstić information content (AvgIpc) is 3.15. The maximum Gasteiger partial charge on any atom is 0.272 e. The van der Waals surface area contributed by atoms with Crippen LogP contribution in [0.1, 0.15) is 26.7 Å². The van der Waals surface area contributed by atoms with E-state index in [0.29, 0.717) is 33.1 Å². The van der Waals surface area contributed by atoms with Crippen molar-refractivity contribution < 1.29 is 41.4 Å². The molecule has 0 spiro atoms. The zero-order valence-corrected chi connectivity index (χ0v) is 27.8. The van der Waals surface area contributed by atoms with Gasteiger partial charge in [-0.1, -0.05) is 54.6 Å². The van der Waals surface area contributed by atoms with Gasteiger partial charge in [-0.3, -0.25) is 14.4 Å². The summed E-state index contributed by atoms with van der Waals surface area (Å²) in [4.78, 5) is 40.7. The van der Waals surface area contributed by atoms with Crippen LogP contribution in [-0.2, 0) is 9.59 Å². The second-order valence-electron chi connectivity index (χ2n) is 10.7. The predicted molar refractivity (Wildman–Crippen MR) is 186 cm³/mol. The highest BCUT2D eigenvalue weighted by Crippen LogP contribution is 2.38. The molecule has 5 rings (SSSR count). The van der Waals surface area contributed by atoms with Crippen LogP contribution in [0.4, 0.5) is 28.9 Å². The molecule has 0 aromatic heterocycles. The number of methoxy groups -OCH3 is 2. The Bertz CT molecular complexity index is 2070. The van der Waals surface area contributed by atoms with Crippen molar-refractivity contribution in [1.29, 1.82) is 0 Å². The van der Waals surface area contributed by atoms with Gasteiger partial charge in [-0.05, 0) is 54.1 Å². The Balaban J connectivity index is 1.43. The van der Waals surface area contributed by atoms with Gasteiger partial charge in [0.25, 0.3) is 11.8 Å². The van der Waals surface area contributed by atoms with Gasteiger partial charge in [-0.25, -0.2) is 17.6 Å². The van der Waals surface area contributed by atoms with E-state index >= 15 is 0 Å². The summed E-state index contributed by atoms with van der Waals surface area (Å²) in [6, 6.07) is 27.8. The number of ether oxygens (including phenoxy) is 2. The topological polar surface area (TPSA) is 106 Å². The average molecular weight is 716 g/mol. The zero-order valence-electron chi connectivity index (χ0n) is 27.0. The van der Waals surface area contributed by atoms with E-state index in [1.807, 2.05) is 5.32 Å². The molecule has 51 heavy (non-hydrogen) atoms. The number of thioether (sulfide) groups is 1. The van der Waals surface area contributed by atoms with Crippen molar-refractivity contribution in [2.75, 3.05) is 24.9 Å². The lowest BCUT2D eigenvalue weighted by molar-refractivity contribution is -0.116. The summed E-state index contributed by atoms with van der Waals surface area (Å²) < 4.78 is 67.4. The summed E-state index contributed by atoms with van der Waals surface area (Å²) in [6.45, 7) is 0. The highest BCUT2D eigenvalue weighted by molar-refractivity contribution is 8.00. The van der Waals surface area contributed by atoms with E-state index in [1.54, 1.807) is 103 Å². The molecule has 0 aliphatic heterocycles. The molecule has 3 amide bonds. The van der Waals surface area contributed by atoms with E-state index in [2.05, 4.69) is 10.6 Å². The lowest BCUT2D eigenvalue weighted by atomic mass is 10.1. The second kappa shape index (κ2) is 16.5. The Morgan fingerprint density at radius 3 is 2.04 bits per heavy atom. The van der Waals surface area contributed by atoms with Crippen molar-refractivity contribution in [2.45, 2.75) is 10.1 Å². The third-order valence-corrected chi connectivity index (χ3v) is 8.56. The SMILES string of the molecule is COc1ccc(/C=C(/NC(=O)c2ccccc2)C(=O)Nc2cccc(SC(C(=O)Nc3c(F)c(F)cc(F)c3F)c3ccccc3)c2)c(OC)c1. The molecule has 5 aromatic rings. The van der Waals surface area contributed by atoms with Gasteiger partial charge in [0.1, 0.15) is 28.1 Å². The van der Waals surface area contributed by atoms with Crippen molar-refractivity contribution >= 4 is 46.9 Å². The zero-order chi connectivity index (χ0) is 36.5. The molecule has 5 aromatic carbocycles. The van der Waals surface area contributed by atoms with Gasteiger partial charge in [0.05, 0.1) is 14.2 Å². The summed E-state index contributed by atoms with van der Waals surface area (Å²) in [6.07, 6.45) is 1.44. The summed E-state index contributed by atoms with van der Waals surface area (Å²) in [7, 11) is 2.94. The van der Waals surface area contributed by atoms with Crippen LogP contribution in [0.25, 0.3) is 6.08 Å². The Labute approximate surface area is 294 Å². The maximum atomic E-state index is 14.4. The number of anilines is 2. The normalized spacial score (nSPS) is 11.7. The first-order valence-corrected chi connectivity index (χ1v) is 16.0. The van der Waals surface area contributed by atoms with Gasteiger partial charge < -0.3 is 25.4 Å². The summed E-state index contributed by atoms with van der Waals surface area (Å²) >= 11 is 0.949. The molecule has 8 nitrogen and oxygen atoms in total. The van der Waals surface area contributed by atoms with E-state index in [-0.39, 0.29) is 17.5 Å². The molecule has 0 fully saturated rings. The first-order chi connectivity index (χ1) is 24.6. The number of benzene rings is 5. The number of carbonyl (C=O) groups excluding carboxylic acids is 3. The summed E-state index contributed by atoms with van der Waals surface area (Å²) in [5.41, 5.74) is 0.0623. The Kier molecular flexibility index (Phi) is 11.7. The van der Waals surface area contributed by atoms with Crippen molar-refractivity contribution in [3.05, 3.63) is 155 Å². The van der Waals surface area contributed by atoms with Crippen LogP contribution in [0.15, 0.2) is 120 Å². The van der Waals surface area contributed by atoms with E-state index in [4.69, 9.17) is 9.47 Å². The van der Waals surface area contributed by atoms with E-state index in [1.165, 1.54) is 20.3 Å². The highest BCUT2D eigenvalue weighted by atomic mass is 32.2. The first kappa shape index (κ1) is 36.2. The molecular weight excluding hydrogens is 686 g/mol. The first-order valence-electron chi connectivity index (χ1n) is 15.1. The van der Waals surface area contributed by atoms with Gasteiger partial charge >= 0.3 is 0 Å². The van der Waals surface area contributed by atoms with Crippen molar-refractivity contribution in [1.82, 2.24) is 5.32 Å². The molecule has 1 unspecified atom stereocenters. The lowest BCUT2D eigenvalue weighted by Crippen LogP contribution is -2.30. The van der Waals surface area contributed by atoms with E-state index in [0.717, 1.165) is 11.8 Å². The molecule has 3 N–H and O–H groups in total. The highest BCUT2D eigenvalue weighted by Gasteiger charge is 2.27. The molecule has 0 heterocycles. The minimum atomic E-state index is -1.75. The fourth-order valence-corrected chi connectivity index (χ4v) is 5.87. The molecule has 260 valence electrons. The van der Waals surface area contributed by atoms with Crippen LogP contribution in [0.5, 0.6) is 11.5 Å². The molecular formula is C38H29F4N3O5S. The minimum absolute atomic E-state index is 0.0464. The van der Waals surface area contributed by atoms with Gasteiger partial charge in [-0.2, -0.15) is 0 Å². The predicted octanol–water partition coefficient (Wildman–Crippen LogP) is 8.14. The van der Waals surface area contributed by atoms with Crippen LogP contribution >= 0.6 is 11.8 Å². The summed E-state index contributed by atoms with van der Waals surface area (Å²) in [5, 5.41) is 6.23. The Hall–Kier alpha value is -6.08. The fraction of sp³-hybridized carbons (Fsp3) is 0.0789. The van der Waals surface area contributed by atoms with Crippen molar-refractivity contribution in [3.63, 3.8) is 0 Å². The van der Waals surface area contributed by atoms with Crippen LogP contribution in [0.2, 0.25) is 0 Å². The largest absolute Gasteiger partial charge is 0.497 e. The Morgan fingerprint density at radius 2 is 1.39 bits per heavy atom. The number of rotatable bonds is 12. The molecule has 0 saturated carbocycles. The maximum absolute atomic E-state index is 14.4. The van der Waals surface area contributed by atoms with Gasteiger partial charge in [0.2, 0.25) is 5.91 Å². The molecule has 0 saturated heterocycles. The van der Waals surface area contributed by atoms with E-state index in [9.17, 15) is 31.9 Å². The second-order valence-corrected chi connectivity index (χ2v) is 11.9. The molecule has 0 bridgehead atoms. The minimum Gasteiger partial charge on any atom is -0.497 e. The molecule has 0 aliphatic carbocycles. The van der Waals surface area contributed by atoms with Gasteiger partial charge in [-0.15, -0.1) is 11.8 Å². The van der Waals surface area contributed by atoms with Crippen molar-refractivity contribution in [3.8, 4) is 11.5 Å². The van der Waals surface area contributed by atoms with Crippen molar-refractivity contribution in [2.24, 2.45) is 0 Å². The smallest absolute Gasteiger partial charge is 0.272 e. The van der Waals surface area contributed by atoms with Crippen LogP contribution < -0.4 is 25.4 Å². The number of amides is 3. The quantitative estimate of drug-likeness (QED) is 0.0522. The number of nitrogens with one attached hydrogen (secondary N) is 3. The van der Waals surface area contributed by atoms with Gasteiger partial charge in [0.15, 0.2) is 23.3 Å². The number of halogens is 4. The third kappa shape index (κ3) is 8.94. The van der Waals surface area contributed by atoms with Crippen LogP contribution in [0.3, 0.4) is 0 Å². The molecule has 0 aliphatic rings. The van der Waals surface area contributed by atoms with Crippen LogP contribution in [-0.4, -0.2) is 31.9 Å². The fourth-order valence-electron chi connectivity index (χ4n) is 4.79. The third-order valence-electron chi connectivity index (χ3n) is 7.32. The summed E-state index contributed by atoms with van der Waals surface area (Å²) in [5.74, 6) is -8.17.